The van der Waals surface area contributed by atoms with Crippen molar-refractivity contribution in [1.29, 1.82) is 0 Å². The lowest BCUT2D eigenvalue weighted by Crippen LogP contribution is -2.05. The first-order chi connectivity index (χ1) is 10.1. The molecular weight excluding hydrogens is 358 g/mol. The highest BCUT2D eigenvalue weighted by Gasteiger charge is 2.12. The van der Waals surface area contributed by atoms with Gasteiger partial charge < -0.3 is 4.74 Å². The van der Waals surface area contributed by atoms with Crippen LogP contribution in [0.3, 0.4) is 0 Å². The van der Waals surface area contributed by atoms with Gasteiger partial charge in [0.05, 0.1) is 11.5 Å². The summed E-state index contributed by atoms with van der Waals surface area (Å²) in [5, 5.41) is 12.2. The Morgan fingerprint density at radius 2 is 1.95 bits per heavy atom. The molecule has 0 atom stereocenters. The van der Waals surface area contributed by atoms with E-state index in [-0.39, 0.29) is 10.6 Å². The van der Waals surface area contributed by atoms with E-state index >= 15 is 0 Å². The summed E-state index contributed by atoms with van der Waals surface area (Å²) in [4.78, 5) is 10.6. The summed E-state index contributed by atoms with van der Waals surface area (Å²) in [5.74, 6) is 0.693. The average molecular weight is 371 g/mol. The van der Waals surface area contributed by atoms with Gasteiger partial charge in [0.1, 0.15) is 5.75 Å². The van der Waals surface area contributed by atoms with Crippen molar-refractivity contribution < 1.29 is 9.66 Å². The predicted molar refractivity (Wildman–Crippen MR) is 86.4 cm³/mol. The molecule has 2 rings (SSSR count). The molecule has 6 heteroatoms. The van der Waals surface area contributed by atoms with E-state index in [9.17, 15) is 10.1 Å². The van der Waals surface area contributed by atoms with Gasteiger partial charge in [-0.2, -0.15) is 0 Å². The number of nitro groups is 1. The second kappa shape index (κ2) is 7.43. The fourth-order valence-corrected chi connectivity index (χ4v) is 2.95. The van der Waals surface area contributed by atoms with Crippen LogP contribution in [-0.4, -0.2) is 11.5 Å². The van der Waals surface area contributed by atoms with E-state index in [1.54, 1.807) is 24.3 Å². The Morgan fingerprint density at radius 1 is 1.19 bits per heavy atom. The molecule has 0 fully saturated rings. The maximum absolute atomic E-state index is 10.9. The van der Waals surface area contributed by atoms with Gasteiger partial charge in [-0.25, -0.2) is 0 Å². The van der Waals surface area contributed by atoms with Crippen LogP contribution >= 0.6 is 27.5 Å². The predicted octanol–water partition coefficient (Wildman–Crippen LogP) is 4.76. The Hall–Kier alpha value is -1.59. The van der Waals surface area contributed by atoms with Gasteiger partial charge in [0.2, 0.25) is 0 Å². The number of hydrogen-bond acceptors (Lipinski definition) is 3. The van der Waals surface area contributed by atoms with Crippen molar-refractivity contribution in [3.8, 4) is 5.75 Å². The standard InChI is InChI=1S/C15H13BrClNO3/c16-10-12-13(17)5-3-7-15(12)21-9-8-11-4-1-2-6-14(11)18(19)20/h1-7H,8-10H2. The molecule has 0 aliphatic heterocycles. The lowest BCUT2D eigenvalue weighted by atomic mass is 10.1. The third kappa shape index (κ3) is 3.95. The molecule has 0 amide bonds. The Kier molecular flexibility index (Phi) is 5.59. The van der Waals surface area contributed by atoms with Gasteiger partial charge in [0.15, 0.2) is 0 Å². The zero-order valence-electron chi connectivity index (χ0n) is 11.1. The Morgan fingerprint density at radius 3 is 2.67 bits per heavy atom. The summed E-state index contributed by atoms with van der Waals surface area (Å²) >= 11 is 9.47. The van der Waals surface area contributed by atoms with Gasteiger partial charge in [0.25, 0.3) is 5.69 Å². The normalized spacial score (nSPS) is 10.4. The van der Waals surface area contributed by atoms with Gasteiger partial charge in [-0.15, -0.1) is 0 Å². The minimum Gasteiger partial charge on any atom is -0.493 e. The topological polar surface area (TPSA) is 52.4 Å². The monoisotopic (exact) mass is 369 g/mol. The third-order valence-electron chi connectivity index (χ3n) is 3.03. The summed E-state index contributed by atoms with van der Waals surface area (Å²) in [7, 11) is 0. The highest BCUT2D eigenvalue weighted by atomic mass is 79.9. The molecule has 0 aliphatic rings. The molecule has 0 saturated carbocycles. The summed E-state index contributed by atoms with van der Waals surface area (Å²) in [5.41, 5.74) is 1.65. The number of nitro benzene ring substituents is 1. The fourth-order valence-electron chi connectivity index (χ4n) is 1.98. The first kappa shape index (κ1) is 15.8. The molecule has 0 radical (unpaired) electrons. The minimum absolute atomic E-state index is 0.118. The molecule has 2 aromatic rings. The molecule has 0 heterocycles. The Balaban J connectivity index is 2.06. The largest absolute Gasteiger partial charge is 0.493 e. The van der Waals surface area contributed by atoms with E-state index in [0.717, 1.165) is 5.56 Å². The highest BCUT2D eigenvalue weighted by Crippen LogP contribution is 2.28. The van der Waals surface area contributed by atoms with E-state index in [4.69, 9.17) is 16.3 Å². The van der Waals surface area contributed by atoms with Gasteiger partial charge in [-0.1, -0.05) is 51.8 Å². The summed E-state index contributed by atoms with van der Waals surface area (Å²) in [6.07, 6.45) is 0.464. The Bertz CT molecular complexity index is 649. The van der Waals surface area contributed by atoms with Crippen LogP contribution in [0.5, 0.6) is 5.75 Å². The molecule has 0 unspecified atom stereocenters. The van der Waals surface area contributed by atoms with Crippen molar-refractivity contribution in [3.63, 3.8) is 0 Å². The zero-order chi connectivity index (χ0) is 15.2. The lowest BCUT2D eigenvalue weighted by molar-refractivity contribution is -0.385. The molecule has 21 heavy (non-hydrogen) atoms. The zero-order valence-corrected chi connectivity index (χ0v) is 13.4. The maximum Gasteiger partial charge on any atom is 0.272 e. The molecule has 0 aromatic heterocycles. The molecule has 4 nitrogen and oxygen atoms in total. The van der Waals surface area contributed by atoms with Crippen LogP contribution < -0.4 is 4.74 Å². The maximum atomic E-state index is 10.9. The van der Waals surface area contributed by atoms with Crippen molar-refractivity contribution in [1.82, 2.24) is 0 Å². The number of hydrogen-bond donors (Lipinski definition) is 0. The third-order valence-corrected chi connectivity index (χ3v) is 3.94. The summed E-state index contributed by atoms with van der Waals surface area (Å²) < 4.78 is 5.71. The van der Waals surface area contributed by atoms with E-state index in [0.29, 0.717) is 34.7 Å². The highest BCUT2D eigenvalue weighted by molar-refractivity contribution is 9.08. The molecular formula is C15H13BrClNO3. The average Bonchev–Trinajstić information content (AvgIpc) is 2.48. The molecule has 110 valence electrons. The molecule has 0 N–H and O–H groups in total. The first-order valence-corrected chi connectivity index (χ1v) is 7.82. The molecule has 0 spiro atoms. The molecule has 0 saturated heterocycles. The van der Waals surface area contributed by atoms with E-state index in [1.807, 2.05) is 12.1 Å². The second-order valence-corrected chi connectivity index (χ2v) is 5.30. The van der Waals surface area contributed by atoms with Crippen LogP contribution in [0.25, 0.3) is 0 Å². The number of halogens is 2. The van der Waals surface area contributed by atoms with Crippen molar-refractivity contribution in [2.24, 2.45) is 0 Å². The van der Waals surface area contributed by atoms with Crippen molar-refractivity contribution >= 4 is 33.2 Å². The molecule has 2 aromatic carbocycles. The van der Waals surface area contributed by atoms with Crippen molar-refractivity contribution in [2.45, 2.75) is 11.8 Å². The van der Waals surface area contributed by atoms with Crippen LogP contribution in [0, 0.1) is 10.1 Å². The number of nitrogens with zero attached hydrogens (tertiary/aromatic N) is 1. The van der Waals surface area contributed by atoms with Gasteiger partial charge in [0, 0.05) is 34.0 Å². The molecule has 0 bridgehead atoms. The van der Waals surface area contributed by atoms with Gasteiger partial charge >= 0.3 is 0 Å². The minimum atomic E-state index is -0.376. The fraction of sp³-hybridized carbons (Fsp3) is 0.200. The van der Waals surface area contributed by atoms with Crippen molar-refractivity contribution in [2.75, 3.05) is 6.61 Å². The van der Waals surface area contributed by atoms with E-state index < -0.39 is 0 Å². The van der Waals surface area contributed by atoms with Crippen LogP contribution in [-0.2, 0) is 11.8 Å². The summed E-state index contributed by atoms with van der Waals surface area (Å²) in [6.45, 7) is 0.352. The SMILES string of the molecule is O=[N+]([O-])c1ccccc1CCOc1cccc(Cl)c1CBr. The lowest BCUT2D eigenvalue weighted by Gasteiger charge is -2.11. The number of ether oxygens (including phenoxy) is 1. The number of benzene rings is 2. The molecule has 0 aliphatic carbocycles. The van der Waals surface area contributed by atoms with Crippen molar-refractivity contribution in [3.05, 3.63) is 68.7 Å². The van der Waals surface area contributed by atoms with Crippen LogP contribution in [0.1, 0.15) is 11.1 Å². The number of alkyl halides is 1. The number of para-hydroxylation sites is 1. The van der Waals surface area contributed by atoms with Crippen LogP contribution in [0.15, 0.2) is 42.5 Å². The Labute approximate surface area is 136 Å². The van der Waals surface area contributed by atoms with Crippen LogP contribution in [0.4, 0.5) is 5.69 Å². The van der Waals surface area contributed by atoms with E-state index in [1.165, 1.54) is 6.07 Å². The van der Waals surface area contributed by atoms with Gasteiger partial charge in [-0.3, -0.25) is 10.1 Å². The first-order valence-electron chi connectivity index (χ1n) is 6.32. The van der Waals surface area contributed by atoms with Crippen LogP contribution in [0.2, 0.25) is 5.02 Å². The second-order valence-electron chi connectivity index (χ2n) is 4.33. The smallest absolute Gasteiger partial charge is 0.272 e. The number of rotatable bonds is 6. The van der Waals surface area contributed by atoms with Gasteiger partial charge in [-0.05, 0) is 12.1 Å². The van der Waals surface area contributed by atoms with E-state index in [2.05, 4.69) is 15.9 Å². The quantitative estimate of drug-likeness (QED) is 0.418. The summed E-state index contributed by atoms with van der Waals surface area (Å²) in [6, 6.07) is 12.1.